The van der Waals surface area contributed by atoms with Gasteiger partial charge in [0, 0.05) is 29.4 Å². The fourth-order valence-corrected chi connectivity index (χ4v) is 4.38. The van der Waals surface area contributed by atoms with Gasteiger partial charge in [-0.3, -0.25) is 4.79 Å². The van der Waals surface area contributed by atoms with Crippen LogP contribution in [-0.4, -0.2) is 27.4 Å². The molecule has 0 unspecified atom stereocenters. The second-order valence-electron chi connectivity index (χ2n) is 6.44. The molecule has 5 nitrogen and oxygen atoms in total. The Balaban J connectivity index is 2.10. The molecule has 6 heteroatoms. The van der Waals surface area contributed by atoms with Crippen LogP contribution in [0, 0.1) is 5.92 Å². The maximum Gasteiger partial charge on any atom is 0.258 e. The van der Waals surface area contributed by atoms with Crippen molar-refractivity contribution in [3.8, 4) is 0 Å². The lowest BCUT2D eigenvalue weighted by molar-refractivity contribution is 0.0994. The number of nitrogens with one attached hydrogen (secondary N) is 1. The number of anilines is 1. The molecule has 0 fully saturated rings. The quantitative estimate of drug-likeness (QED) is 0.874. The highest BCUT2D eigenvalue weighted by Crippen LogP contribution is 2.39. The standard InChI is InChI=1S/C18H22N2O3S/c1-4-20-15-8-9-16(24(22,23)19-11-10-12(2)3)13-6-5-7-14(17(13)15)18(20)21/h5-9,12,19H,4,10-11H2,1-3H3. The second kappa shape index (κ2) is 6.18. The molecule has 0 spiro atoms. The van der Waals surface area contributed by atoms with E-state index in [1.807, 2.05) is 6.92 Å². The van der Waals surface area contributed by atoms with Gasteiger partial charge in [0.05, 0.1) is 10.6 Å². The Labute approximate surface area is 142 Å². The largest absolute Gasteiger partial charge is 0.308 e. The molecule has 2 aromatic rings. The molecule has 0 bridgehead atoms. The molecule has 3 rings (SSSR count). The Hall–Kier alpha value is -1.92. The molecule has 0 atom stereocenters. The number of carbonyl (C=O) groups excluding carboxylic acids is 1. The molecule has 128 valence electrons. The van der Waals surface area contributed by atoms with E-state index in [2.05, 4.69) is 18.6 Å². The van der Waals surface area contributed by atoms with Crippen molar-refractivity contribution in [1.29, 1.82) is 0 Å². The number of hydrogen-bond acceptors (Lipinski definition) is 3. The van der Waals surface area contributed by atoms with Crippen LogP contribution in [0.3, 0.4) is 0 Å². The van der Waals surface area contributed by atoms with Gasteiger partial charge < -0.3 is 4.90 Å². The molecule has 1 heterocycles. The van der Waals surface area contributed by atoms with Gasteiger partial charge in [-0.05, 0) is 37.5 Å². The number of amides is 1. The number of benzene rings is 2. The lowest BCUT2D eigenvalue weighted by atomic mass is 10.1. The Morgan fingerprint density at radius 1 is 1.17 bits per heavy atom. The normalized spacial score (nSPS) is 14.2. The minimum Gasteiger partial charge on any atom is -0.308 e. The minimum absolute atomic E-state index is 0.0691. The number of rotatable bonds is 6. The number of hydrogen-bond donors (Lipinski definition) is 1. The van der Waals surface area contributed by atoms with Crippen LogP contribution in [0.5, 0.6) is 0 Å². The molecule has 1 N–H and O–H groups in total. The van der Waals surface area contributed by atoms with Crippen LogP contribution in [0.25, 0.3) is 10.8 Å². The van der Waals surface area contributed by atoms with Crippen molar-refractivity contribution in [3.63, 3.8) is 0 Å². The predicted octanol–water partition coefficient (Wildman–Crippen LogP) is 3.14. The van der Waals surface area contributed by atoms with Gasteiger partial charge >= 0.3 is 0 Å². The van der Waals surface area contributed by atoms with Crippen molar-refractivity contribution < 1.29 is 13.2 Å². The fraction of sp³-hybridized carbons (Fsp3) is 0.389. The van der Waals surface area contributed by atoms with Crippen molar-refractivity contribution in [1.82, 2.24) is 4.72 Å². The zero-order valence-electron chi connectivity index (χ0n) is 14.2. The van der Waals surface area contributed by atoms with Crippen molar-refractivity contribution >= 4 is 32.4 Å². The van der Waals surface area contributed by atoms with Crippen LogP contribution < -0.4 is 9.62 Å². The summed E-state index contributed by atoms with van der Waals surface area (Å²) in [5, 5.41) is 1.34. The fourth-order valence-electron chi connectivity index (χ4n) is 3.13. The molecular weight excluding hydrogens is 324 g/mol. The minimum atomic E-state index is -3.61. The maximum absolute atomic E-state index is 12.7. The lowest BCUT2D eigenvalue weighted by Gasteiger charge is -2.15. The molecule has 1 aliphatic heterocycles. The third kappa shape index (κ3) is 2.70. The first-order valence-corrected chi connectivity index (χ1v) is 9.72. The van der Waals surface area contributed by atoms with Crippen molar-refractivity contribution in [2.24, 2.45) is 5.92 Å². The van der Waals surface area contributed by atoms with Gasteiger partial charge in [0.2, 0.25) is 10.0 Å². The third-order valence-corrected chi connectivity index (χ3v) is 5.88. The molecule has 1 aliphatic rings. The van der Waals surface area contributed by atoms with E-state index in [0.717, 1.165) is 17.5 Å². The van der Waals surface area contributed by atoms with Gasteiger partial charge in [0.1, 0.15) is 0 Å². The van der Waals surface area contributed by atoms with Gasteiger partial charge in [-0.2, -0.15) is 0 Å². The topological polar surface area (TPSA) is 66.5 Å². The van der Waals surface area contributed by atoms with E-state index in [4.69, 9.17) is 0 Å². The van der Waals surface area contributed by atoms with Gasteiger partial charge in [-0.1, -0.05) is 26.0 Å². The molecule has 2 aromatic carbocycles. The molecule has 0 saturated heterocycles. The predicted molar refractivity (Wildman–Crippen MR) is 95.9 cm³/mol. The van der Waals surface area contributed by atoms with Crippen molar-refractivity contribution in [3.05, 3.63) is 35.9 Å². The Morgan fingerprint density at radius 3 is 2.58 bits per heavy atom. The van der Waals surface area contributed by atoms with E-state index in [1.165, 1.54) is 0 Å². The molecule has 1 amide bonds. The Kier molecular flexibility index (Phi) is 4.36. The third-order valence-electron chi connectivity index (χ3n) is 4.36. The lowest BCUT2D eigenvalue weighted by Crippen LogP contribution is -2.26. The summed E-state index contributed by atoms with van der Waals surface area (Å²) in [5.41, 5.74) is 1.36. The molecule has 0 radical (unpaired) electrons. The van der Waals surface area contributed by atoms with Crippen molar-refractivity contribution in [2.75, 3.05) is 18.0 Å². The van der Waals surface area contributed by atoms with E-state index in [0.29, 0.717) is 30.0 Å². The summed E-state index contributed by atoms with van der Waals surface area (Å²) in [6.45, 7) is 6.98. The van der Waals surface area contributed by atoms with E-state index < -0.39 is 10.0 Å². The molecule has 0 aromatic heterocycles. The number of nitrogens with zero attached hydrogens (tertiary/aromatic N) is 1. The average Bonchev–Trinajstić information content (AvgIpc) is 2.81. The summed E-state index contributed by atoms with van der Waals surface area (Å²) in [5.74, 6) is 0.358. The Morgan fingerprint density at radius 2 is 1.92 bits per heavy atom. The van der Waals surface area contributed by atoms with Crippen LogP contribution in [0.4, 0.5) is 5.69 Å². The maximum atomic E-state index is 12.7. The summed E-state index contributed by atoms with van der Waals surface area (Å²) >= 11 is 0. The van der Waals surface area contributed by atoms with Crippen LogP contribution in [-0.2, 0) is 10.0 Å². The van der Waals surface area contributed by atoms with E-state index in [1.54, 1.807) is 35.2 Å². The highest BCUT2D eigenvalue weighted by atomic mass is 32.2. The first-order valence-electron chi connectivity index (χ1n) is 8.24. The number of carbonyl (C=O) groups is 1. The molecule has 24 heavy (non-hydrogen) atoms. The van der Waals surface area contributed by atoms with Gasteiger partial charge in [0.15, 0.2) is 0 Å². The SMILES string of the molecule is CCN1C(=O)c2cccc3c(S(=O)(=O)NCCC(C)C)ccc1c23. The molecule has 0 aliphatic carbocycles. The highest BCUT2D eigenvalue weighted by molar-refractivity contribution is 7.89. The first kappa shape index (κ1) is 16.9. The van der Waals surface area contributed by atoms with Crippen LogP contribution >= 0.6 is 0 Å². The van der Waals surface area contributed by atoms with E-state index in [9.17, 15) is 13.2 Å². The second-order valence-corrected chi connectivity index (χ2v) is 8.18. The summed E-state index contributed by atoms with van der Waals surface area (Å²) in [4.78, 5) is 14.4. The smallest absolute Gasteiger partial charge is 0.258 e. The summed E-state index contributed by atoms with van der Waals surface area (Å²) in [7, 11) is -3.61. The molecular formula is C18H22N2O3S. The summed E-state index contributed by atoms with van der Waals surface area (Å²) < 4.78 is 28.1. The number of sulfonamides is 1. The van der Waals surface area contributed by atoms with E-state index in [-0.39, 0.29) is 10.8 Å². The van der Waals surface area contributed by atoms with Gasteiger partial charge in [-0.15, -0.1) is 0 Å². The first-order chi connectivity index (χ1) is 11.4. The van der Waals surface area contributed by atoms with Crippen LogP contribution in [0.1, 0.15) is 37.6 Å². The molecule has 0 saturated carbocycles. The van der Waals surface area contributed by atoms with Gasteiger partial charge in [0.25, 0.3) is 5.91 Å². The van der Waals surface area contributed by atoms with Crippen LogP contribution in [0.2, 0.25) is 0 Å². The highest BCUT2D eigenvalue weighted by Gasteiger charge is 2.31. The summed E-state index contributed by atoms with van der Waals surface area (Å²) in [6, 6.07) is 8.60. The average molecular weight is 346 g/mol. The van der Waals surface area contributed by atoms with E-state index >= 15 is 0 Å². The zero-order chi connectivity index (χ0) is 17.5. The summed E-state index contributed by atoms with van der Waals surface area (Å²) in [6.07, 6.45) is 0.780. The Bertz CT molecular complexity index is 904. The van der Waals surface area contributed by atoms with Crippen molar-refractivity contribution in [2.45, 2.75) is 32.1 Å². The van der Waals surface area contributed by atoms with Crippen LogP contribution in [0.15, 0.2) is 35.2 Å². The van der Waals surface area contributed by atoms with Gasteiger partial charge in [-0.25, -0.2) is 13.1 Å². The zero-order valence-corrected chi connectivity index (χ0v) is 15.0. The monoisotopic (exact) mass is 346 g/mol.